The minimum atomic E-state index is 0.852. The molecule has 1 heterocycles. The Bertz CT molecular complexity index is 491. The number of rotatable bonds is 5. The average molecular weight is 241 g/mol. The Balaban J connectivity index is 2.08. The maximum Gasteiger partial charge on any atom is 0.132 e. The van der Waals surface area contributed by atoms with Gasteiger partial charge in [-0.05, 0) is 36.2 Å². The second kappa shape index (κ2) is 6.05. The first-order valence-electron chi connectivity index (χ1n) is 6.32. The highest BCUT2D eigenvalue weighted by Gasteiger charge is 1.98. The maximum atomic E-state index is 4.42. The molecule has 0 unspecified atom stereocenters. The van der Waals surface area contributed by atoms with Crippen molar-refractivity contribution in [1.82, 2.24) is 4.98 Å². The monoisotopic (exact) mass is 241 g/mol. The molecule has 0 saturated heterocycles. The molecule has 0 fully saturated rings. The number of pyridine rings is 1. The predicted octanol–water partition coefficient (Wildman–Crippen LogP) is 3.82. The Kier molecular flexibility index (Phi) is 4.18. The fourth-order valence-corrected chi connectivity index (χ4v) is 1.83. The van der Waals surface area contributed by atoms with Crippen molar-refractivity contribution in [2.75, 3.05) is 17.7 Å². The van der Waals surface area contributed by atoms with Crippen LogP contribution in [-0.4, -0.2) is 12.0 Å². The second-order valence-electron chi connectivity index (χ2n) is 4.23. The number of aromatic nitrogens is 1. The standard InChI is InChI=1S/C15H19N3/c1-3-5-12-8-10-13(11-9-12)17-15-7-4-6-14(16-2)18-15/h4,6-11H,3,5H2,1-2H3,(H2,16,17,18). The predicted molar refractivity (Wildman–Crippen MR) is 77.5 cm³/mol. The van der Waals surface area contributed by atoms with E-state index in [9.17, 15) is 0 Å². The lowest BCUT2D eigenvalue weighted by Gasteiger charge is -2.08. The smallest absolute Gasteiger partial charge is 0.132 e. The number of hydrogen-bond donors (Lipinski definition) is 2. The van der Waals surface area contributed by atoms with E-state index in [1.165, 1.54) is 12.0 Å². The zero-order valence-corrected chi connectivity index (χ0v) is 10.9. The van der Waals surface area contributed by atoms with Crippen LogP contribution in [0.4, 0.5) is 17.3 Å². The highest BCUT2D eigenvalue weighted by molar-refractivity contribution is 5.58. The van der Waals surface area contributed by atoms with Gasteiger partial charge < -0.3 is 10.6 Å². The molecule has 0 radical (unpaired) electrons. The number of hydrogen-bond acceptors (Lipinski definition) is 3. The highest BCUT2D eigenvalue weighted by atomic mass is 15.0. The minimum absolute atomic E-state index is 0.852. The number of aryl methyl sites for hydroxylation is 1. The number of benzene rings is 1. The molecule has 0 aliphatic rings. The Morgan fingerprint density at radius 2 is 1.72 bits per heavy atom. The van der Waals surface area contributed by atoms with Gasteiger partial charge in [-0.25, -0.2) is 4.98 Å². The normalized spacial score (nSPS) is 10.1. The van der Waals surface area contributed by atoms with Crippen LogP contribution in [0.25, 0.3) is 0 Å². The number of anilines is 3. The van der Waals surface area contributed by atoms with Gasteiger partial charge in [-0.2, -0.15) is 0 Å². The van der Waals surface area contributed by atoms with Crippen LogP contribution in [0.1, 0.15) is 18.9 Å². The van der Waals surface area contributed by atoms with Crippen molar-refractivity contribution in [1.29, 1.82) is 0 Å². The van der Waals surface area contributed by atoms with Crippen molar-refractivity contribution < 1.29 is 0 Å². The molecular weight excluding hydrogens is 222 g/mol. The Morgan fingerprint density at radius 1 is 1.00 bits per heavy atom. The van der Waals surface area contributed by atoms with E-state index >= 15 is 0 Å². The molecule has 2 rings (SSSR count). The third-order valence-electron chi connectivity index (χ3n) is 2.77. The molecule has 1 aromatic heterocycles. The summed E-state index contributed by atoms with van der Waals surface area (Å²) in [5, 5.41) is 6.32. The van der Waals surface area contributed by atoms with Crippen LogP contribution in [0, 0.1) is 0 Å². The summed E-state index contributed by atoms with van der Waals surface area (Å²) in [5.41, 5.74) is 2.44. The zero-order valence-electron chi connectivity index (χ0n) is 10.9. The van der Waals surface area contributed by atoms with Crippen molar-refractivity contribution in [3.05, 3.63) is 48.0 Å². The Labute approximate surface area is 108 Å². The molecule has 0 aliphatic carbocycles. The summed E-state index contributed by atoms with van der Waals surface area (Å²) in [6.45, 7) is 2.19. The van der Waals surface area contributed by atoms with Gasteiger partial charge in [-0.3, -0.25) is 0 Å². The van der Waals surface area contributed by atoms with Crippen LogP contribution in [0.15, 0.2) is 42.5 Å². The molecule has 0 bridgehead atoms. The molecule has 18 heavy (non-hydrogen) atoms. The fourth-order valence-electron chi connectivity index (χ4n) is 1.83. The molecule has 0 amide bonds. The Hall–Kier alpha value is -2.03. The van der Waals surface area contributed by atoms with Gasteiger partial charge in [0.25, 0.3) is 0 Å². The summed E-state index contributed by atoms with van der Waals surface area (Å²) in [5.74, 6) is 1.72. The first-order valence-corrected chi connectivity index (χ1v) is 6.32. The fraction of sp³-hybridized carbons (Fsp3) is 0.267. The van der Waals surface area contributed by atoms with Crippen molar-refractivity contribution in [2.24, 2.45) is 0 Å². The lowest BCUT2D eigenvalue weighted by atomic mass is 10.1. The number of nitrogens with zero attached hydrogens (tertiary/aromatic N) is 1. The van der Waals surface area contributed by atoms with Gasteiger partial charge in [0, 0.05) is 12.7 Å². The summed E-state index contributed by atoms with van der Waals surface area (Å²) in [6, 6.07) is 14.4. The largest absolute Gasteiger partial charge is 0.373 e. The molecule has 0 aliphatic heterocycles. The van der Waals surface area contributed by atoms with Gasteiger partial charge in [0.15, 0.2) is 0 Å². The van der Waals surface area contributed by atoms with Crippen LogP contribution in [0.3, 0.4) is 0 Å². The van der Waals surface area contributed by atoms with Gasteiger partial charge in [0.05, 0.1) is 0 Å². The van der Waals surface area contributed by atoms with Crippen LogP contribution < -0.4 is 10.6 Å². The highest BCUT2D eigenvalue weighted by Crippen LogP contribution is 2.17. The van der Waals surface area contributed by atoms with E-state index in [2.05, 4.69) is 46.8 Å². The van der Waals surface area contributed by atoms with Crippen LogP contribution >= 0.6 is 0 Å². The third kappa shape index (κ3) is 3.23. The molecular formula is C15H19N3. The van der Waals surface area contributed by atoms with E-state index in [0.717, 1.165) is 23.7 Å². The van der Waals surface area contributed by atoms with E-state index in [-0.39, 0.29) is 0 Å². The maximum absolute atomic E-state index is 4.42. The first-order chi connectivity index (χ1) is 8.81. The lowest BCUT2D eigenvalue weighted by Crippen LogP contribution is -1.97. The van der Waals surface area contributed by atoms with E-state index in [4.69, 9.17) is 0 Å². The van der Waals surface area contributed by atoms with Crippen LogP contribution in [-0.2, 0) is 6.42 Å². The molecule has 0 saturated carbocycles. The van der Waals surface area contributed by atoms with E-state index in [0.29, 0.717) is 0 Å². The summed E-state index contributed by atoms with van der Waals surface area (Å²) in [7, 11) is 1.87. The lowest BCUT2D eigenvalue weighted by molar-refractivity contribution is 0.922. The second-order valence-corrected chi connectivity index (χ2v) is 4.23. The van der Waals surface area contributed by atoms with Gasteiger partial charge in [0.2, 0.25) is 0 Å². The van der Waals surface area contributed by atoms with Crippen LogP contribution in [0.2, 0.25) is 0 Å². The van der Waals surface area contributed by atoms with Gasteiger partial charge in [-0.15, -0.1) is 0 Å². The SMILES string of the molecule is CCCc1ccc(Nc2cccc(NC)n2)cc1. The van der Waals surface area contributed by atoms with E-state index in [1.54, 1.807) is 0 Å². The summed E-state index contributed by atoms with van der Waals surface area (Å²) in [4.78, 5) is 4.42. The van der Waals surface area contributed by atoms with E-state index in [1.807, 2.05) is 25.2 Å². The average Bonchev–Trinajstić information content (AvgIpc) is 2.42. The van der Waals surface area contributed by atoms with Crippen LogP contribution in [0.5, 0.6) is 0 Å². The quantitative estimate of drug-likeness (QED) is 0.835. The molecule has 2 N–H and O–H groups in total. The molecule has 0 atom stereocenters. The zero-order chi connectivity index (χ0) is 12.8. The summed E-state index contributed by atoms with van der Waals surface area (Å²) >= 11 is 0. The molecule has 2 aromatic rings. The van der Waals surface area contributed by atoms with Gasteiger partial charge in [-0.1, -0.05) is 31.5 Å². The summed E-state index contributed by atoms with van der Waals surface area (Å²) < 4.78 is 0. The minimum Gasteiger partial charge on any atom is -0.373 e. The molecule has 3 nitrogen and oxygen atoms in total. The third-order valence-corrected chi connectivity index (χ3v) is 2.77. The van der Waals surface area contributed by atoms with Crippen molar-refractivity contribution >= 4 is 17.3 Å². The van der Waals surface area contributed by atoms with Crippen molar-refractivity contribution in [3.63, 3.8) is 0 Å². The first kappa shape index (κ1) is 12.4. The molecule has 0 spiro atoms. The van der Waals surface area contributed by atoms with Gasteiger partial charge >= 0.3 is 0 Å². The van der Waals surface area contributed by atoms with E-state index < -0.39 is 0 Å². The number of nitrogens with one attached hydrogen (secondary N) is 2. The van der Waals surface area contributed by atoms with Gasteiger partial charge in [0.1, 0.15) is 11.6 Å². The van der Waals surface area contributed by atoms with Crippen molar-refractivity contribution in [3.8, 4) is 0 Å². The Morgan fingerprint density at radius 3 is 2.39 bits per heavy atom. The van der Waals surface area contributed by atoms with Crippen molar-refractivity contribution in [2.45, 2.75) is 19.8 Å². The molecule has 94 valence electrons. The topological polar surface area (TPSA) is 37.0 Å². The molecule has 1 aromatic carbocycles. The summed E-state index contributed by atoms with van der Waals surface area (Å²) in [6.07, 6.45) is 2.31. The molecule has 3 heteroatoms.